The van der Waals surface area contributed by atoms with Gasteiger partial charge in [-0.15, -0.1) is 11.3 Å². The molecule has 3 aliphatic carbocycles. The molecule has 0 radical (unpaired) electrons. The molecule has 3 aliphatic rings. The first-order chi connectivity index (χ1) is 13.6. The Bertz CT molecular complexity index is 869. The number of carbonyl (C=O) groups is 3. The van der Waals surface area contributed by atoms with Gasteiger partial charge >= 0.3 is 5.97 Å². The maximum atomic E-state index is 13.1. The number of nitrogens with two attached hydrogens (primary N) is 1. The Morgan fingerprint density at radius 3 is 2.34 bits per heavy atom. The van der Waals surface area contributed by atoms with Crippen molar-refractivity contribution in [2.24, 2.45) is 40.7 Å². The number of fused-ring (bicyclic) bond motifs is 3. The number of primary amides is 1. The van der Waals surface area contributed by atoms with Crippen molar-refractivity contribution in [3.05, 3.63) is 16.0 Å². The van der Waals surface area contributed by atoms with Crippen LogP contribution in [0.2, 0.25) is 0 Å². The van der Waals surface area contributed by atoms with E-state index >= 15 is 0 Å². The first-order valence-corrected chi connectivity index (χ1v) is 11.4. The smallest absolute Gasteiger partial charge is 0.307 e. The molecule has 0 saturated heterocycles. The van der Waals surface area contributed by atoms with Gasteiger partial charge in [-0.05, 0) is 67.3 Å². The number of thiophene rings is 1. The third-order valence-corrected chi connectivity index (χ3v) is 8.65. The van der Waals surface area contributed by atoms with Crippen molar-refractivity contribution in [1.29, 1.82) is 0 Å². The molecule has 2 saturated carbocycles. The minimum Gasteiger partial charge on any atom is -0.481 e. The number of carboxylic acids is 1. The minimum absolute atomic E-state index is 0.0907. The predicted molar refractivity (Wildman–Crippen MR) is 112 cm³/mol. The van der Waals surface area contributed by atoms with Gasteiger partial charge in [-0.25, -0.2) is 0 Å². The van der Waals surface area contributed by atoms with Crippen molar-refractivity contribution in [3.8, 4) is 0 Å². The highest BCUT2D eigenvalue weighted by molar-refractivity contribution is 7.17. The van der Waals surface area contributed by atoms with Crippen molar-refractivity contribution in [2.75, 3.05) is 5.32 Å². The maximum absolute atomic E-state index is 13.1. The van der Waals surface area contributed by atoms with Gasteiger partial charge in [-0.1, -0.05) is 20.8 Å². The van der Waals surface area contributed by atoms with Crippen LogP contribution in [0.4, 0.5) is 5.00 Å². The van der Waals surface area contributed by atoms with Crippen LogP contribution in [0.15, 0.2) is 0 Å². The van der Waals surface area contributed by atoms with Gasteiger partial charge in [-0.3, -0.25) is 14.4 Å². The van der Waals surface area contributed by atoms with Gasteiger partial charge in [-0.2, -0.15) is 0 Å². The quantitative estimate of drug-likeness (QED) is 0.693. The fourth-order valence-corrected chi connectivity index (χ4v) is 7.23. The van der Waals surface area contributed by atoms with E-state index in [4.69, 9.17) is 5.73 Å². The Kier molecular flexibility index (Phi) is 5.00. The van der Waals surface area contributed by atoms with E-state index in [1.54, 1.807) is 0 Å². The van der Waals surface area contributed by atoms with Crippen molar-refractivity contribution >= 4 is 34.1 Å². The van der Waals surface area contributed by atoms with Crippen LogP contribution < -0.4 is 11.1 Å². The second kappa shape index (κ2) is 7.11. The monoisotopic (exact) mass is 418 g/mol. The highest BCUT2D eigenvalue weighted by Gasteiger charge is 2.54. The standard InChI is InChI=1S/C22H30N2O4S/c1-22(2,3)12-6-7-13-14(9-12)29-20(17(13)18(23)25)24-19(26)15-10-4-5-11(8-10)16(15)21(27)28/h10-12,15-16H,4-9H2,1-3H3,(H2,23,25)(H,24,26)(H,27,28)/t10-,11-,12+,15+,16-/m0/s1. The van der Waals surface area contributed by atoms with Crippen LogP contribution in [-0.4, -0.2) is 22.9 Å². The lowest BCUT2D eigenvalue weighted by Crippen LogP contribution is -2.38. The van der Waals surface area contributed by atoms with Gasteiger partial charge in [0.05, 0.1) is 17.4 Å². The fraction of sp³-hybridized carbons (Fsp3) is 0.682. The largest absolute Gasteiger partial charge is 0.481 e. The average molecular weight is 419 g/mol. The summed E-state index contributed by atoms with van der Waals surface area (Å²) in [5.74, 6) is -2.08. The predicted octanol–water partition coefficient (Wildman–Crippen LogP) is 3.68. The Labute approximate surface area is 175 Å². The highest BCUT2D eigenvalue weighted by Crippen LogP contribution is 2.53. The molecule has 4 rings (SSSR count). The maximum Gasteiger partial charge on any atom is 0.307 e. The lowest BCUT2D eigenvalue weighted by atomic mass is 9.72. The van der Waals surface area contributed by atoms with Crippen molar-refractivity contribution in [1.82, 2.24) is 0 Å². The zero-order valence-corrected chi connectivity index (χ0v) is 18.1. The van der Waals surface area contributed by atoms with Crippen LogP contribution in [0.5, 0.6) is 0 Å². The summed E-state index contributed by atoms with van der Waals surface area (Å²) in [5.41, 5.74) is 7.27. The summed E-state index contributed by atoms with van der Waals surface area (Å²) in [6.07, 6.45) is 5.27. The van der Waals surface area contributed by atoms with Crippen LogP contribution >= 0.6 is 11.3 Å². The summed E-state index contributed by atoms with van der Waals surface area (Å²) in [5, 5.41) is 13.1. The van der Waals surface area contributed by atoms with E-state index in [1.807, 2.05) is 0 Å². The molecule has 0 unspecified atom stereocenters. The summed E-state index contributed by atoms with van der Waals surface area (Å²) in [7, 11) is 0. The van der Waals surface area contributed by atoms with E-state index in [0.29, 0.717) is 16.5 Å². The van der Waals surface area contributed by atoms with Gasteiger partial charge in [0, 0.05) is 4.88 Å². The molecule has 158 valence electrons. The molecule has 5 atom stereocenters. The summed E-state index contributed by atoms with van der Waals surface area (Å²) in [6.45, 7) is 6.69. The number of rotatable bonds is 4. The number of carbonyl (C=O) groups excluding carboxylic acids is 2. The molecule has 1 heterocycles. The summed E-state index contributed by atoms with van der Waals surface area (Å²) in [6, 6.07) is 0. The second-order valence-corrected chi connectivity index (χ2v) is 11.2. The molecular formula is C22H30N2O4S. The Balaban J connectivity index is 1.61. The second-order valence-electron chi connectivity index (χ2n) is 10.1. The van der Waals surface area contributed by atoms with Crippen molar-refractivity contribution in [3.63, 3.8) is 0 Å². The lowest BCUT2D eigenvalue weighted by molar-refractivity contribution is -0.148. The SMILES string of the molecule is CC(C)(C)[C@@H]1CCc2c(sc(NC(=O)[C@@H]3[C@H]4CC[C@@H](C4)[C@@H]3C(=O)O)c2C(N)=O)C1. The molecule has 1 aromatic rings. The van der Waals surface area contributed by atoms with Gasteiger partial charge in [0.25, 0.3) is 5.91 Å². The number of aliphatic carboxylic acids is 1. The molecule has 2 amide bonds. The van der Waals surface area contributed by atoms with Gasteiger partial charge in [0.2, 0.25) is 5.91 Å². The van der Waals surface area contributed by atoms with Crippen molar-refractivity contribution in [2.45, 2.75) is 59.3 Å². The van der Waals surface area contributed by atoms with E-state index in [9.17, 15) is 19.5 Å². The number of anilines is 1. The average Bonchev–Trinajstić information content (AvgIpc) is 3.31. The van der Waals surface area contributed by atoms with Crippen LogP contribution in [0, 0.1) is 35.0 Å². The van der Waals surface area contributed by atoms with E-state index in [2.05, 4.69) is 26.1 Å². The number of hydrogen-bond acceptors (Lipinski definition) is 4. The molecule has 0 aliphatic heterocycles. The summed E-state index contributed by atoms with van der Waals surface area (Å²) < 4.78 is 0. The Morgan fingerprint density at radius 1 is 1.10 bits per heavy atom. The zero-order chi connectivity index (χ0) is 21.1. The van der Waals surface area contributed by atoms with Crippen LogP contribution in [0.3, 0.4) is 0 Å². The number of carboxylic acid groups (broad SMARTS) is 1. The first-order valence-electron chi connectivity index (χ1n) is 10.6. The number of amides is 2. The van der Waals surface area contributed by atoms with Crippen LogP contribution in [0.1, 0.15) is 67.3 Å². The topological polar surface area (TPSA) is 109 Å². The molecule has 6 nitrogen and oxygen atoms in total. The van der Waals surface area contributed by atoms with E-state index < -0.39 is 23.7 Å². The van der Waals surface area contributed by atoms with Crippen molar-refractivity contribution < 1.29 is 19.5 Å². The molecule has 2 bridgehead atoms. The zero-order valence-electron chi connectivity index (χ0n) is 17.3. The van der Waals surface area contributed by atoms with E-state index in [0.717, 1.165) is 49.0 Å². The fourth-order valence-electron chi connectivity index (χ4n) is 5.89. The highest BCUT2D eigenvalue weighted by atomic mass is 32.1. The molecule has 1 aromatic heterocycles. The summed E-state index contributed by atoms with van der Waals surface area (Å²) in [4.78, 5) is 38.2. The third kappa shape index (κ3) is 3.47. The molecule has 0 aromatic carbocycles. The third-order valence-electron chi connectivity index (χ3n) is 7.48. The molecule has 0 spiro atoms. The Hall–Kier alpha value is -1.89. The van der Waals surface area contributed by atoms with Gasteiger partial charge in [0.15, 0.2) is 0 Å². The summed E-state index contributed by atoms with van der Waals surface area (Å²) >= 11 is 1.45. The lowest BCUT2D eigenvalue weighted by Gasteiger charge is -2.33. The first kappa shape index (κ1) is 20.4. The molecule has 4 N–H and O–H groups in total. The van der Waals surface area contributed by atoms with E-state index in [1.165, 1.54) is 11.3 Å². The van der Waals surface area contributed by atoms with E-state index in [-0.39, 0.29) is 23.2 Å². The minimum atomic E-state index is -0.883. The Morgan fingerprint density at radius 2 is 1.76 bits per heavy atom. The molecule has 7 heteroatoms. The van der Waals surface area contributed by atoms with Crippen LogP contribution in [-0.2, 0) is 22.4 Å². The normalized spacial score (nSPS) is 30.8. The molecule has 29 heavy (non-hydrogen) atoms. The van der Waals surface area contributed by atoms with Gasteiger partial charge in [0.1, 0.15) is 5.00 Å². The van der Waals surface area contributed by atoms with Crippen LogP contribution in [0.25, 0.3) is 0 Å². The number of hydrogen-bond donors (Lipinski definition) is 3. The molecular weight excluding hydrogens is 388 g/mol. The number of nitrogens with one attached hydrogen (secondary N) is 1. The molecule has 2 fully saturated rings. The van der Waals surface area contributed by atoms with Gasteiger partial charge < -0.3 is 16.2 Å².